The van der Waals surface area contributed by atoms with Gasteiger partial charge in [-0.15, -0.1) is 0 Å². The summed E-state index contributed by atoms with van der Waals surface area (Å²) in [5, 5.41) is 8.73. The van der Waals surface area contributed by atoms with Crippen LogP contribution in [0.15, 0.2) is 22.7 Å². The molecule has 0 fully saturated rings. The van der Waals surface area contributed by atoms with Crippen molar-refractivity contribution in [3.8, 4) is 0 Å². The third-order valence-corrected chi connectivity index (χ3v) is 2.83. The van der Waals surface area contributed by atoms with Crippen LogP contribution in [-0.2, 0) is 11.3 Å². The molecule has 0 aliphatic rings. The number of halogens is 4. The maximum absolute atomic E-state index is 11.8. The van der Waals surface area contributed by atoms with Gasteiger partial charge in [0.05, 0.1) is 25.2 Å². The van der Waals surface area contributed by atoms with E-state index in [2.05, 4.69) is 15.9 Å². The van der Waals surface area contributed by atoms with Crippen molar-refractivity contribution in [2.75, 3.05) is 6.61 Å². The third kappa shape index (κ3) is 5.05. The van der Waals surface area contributed by atoms with E-state index in [4.69, 9.17) is 9.84 Å². The van der Waals surface area contributed by atoms with Crippen molar-refractivity contribution < 1.29 is 27.8 Å². The van der Waals surface area contributed by atoms with Crippen LogP contribution in [0.1, 0.15) is 22.3 Å². The zero-order valence-electron chi connectivity index (χ0n) is 9.13. The van der Waals surface area contributed by atoms with E-state index in [1.807, 2.05) is 0 Å². The minimum Gasteiger partial charge on any atom is -0.478 e. The molecule has 0 saturated heterocycles. The summed E-state index contributed by atoms with van der Waals surface area (Å²) < 4.78 is 40.9. The Morgan fingerprint density at radius 3 is 2.56 bits per heavy atom. The number of hydrogen-bond donors (Lipinski definition) is 1. The first kappa shape index (κ1) is 15.0. The average Bonchev–Trinajstić information content (AvgIpc) is 2.24. The lowest BCUT2D eigenvalue weighted by molar-refractivity contribution is -0.146. The predicted molar refractivity (Wildman–Crippen MR) is 61.4 cm³/mol. The van der Waals surface area contributed by atoms with Crippen LogP contribution in [0.5, 0.6) is 0 Å². The molecule has 3 nitrogen and oxygen atoms in total. The fourth-order valence-electron chi connectivity index (χ4n) is 1.17. The monoisotopic (exact) mass is 326 g/mol. The van der Waals surface area contributed by atoms with Gasteiger partial charge in [0.25, 0.3) is 0 Å². The van der Waals surface area contributed by atoms with Crippen molar-refractivity contribution in [1.82, 2.24) is 0 Å². The summed E-state index contributed by atoms with van der Waals surface area (Å²) in [6, 6.07) is 4.25. The van der Waals surface area contributed by atoms with Crippen LogP contribution in [0.2, 0.25) is 0 Å². The van der Waals surface area contributed by atoms with Crippen LogP contribution >= 0.6 is 15.9 Å². The number of alkyl halides is 3. The number of benzene rings is 1. The van der Waals surface area contributed by atoms with Gasteiger partial charge in [0.2, 0.25) is 0 Å². The Morgan fingerprint density at radius 1 is 1.39 bits per heavy atom. The molecule has 0 amide bonds. The van der Waals surface area contributed by atoms with Crippen molar-refractivity contribution in [3.63, 3.8) is 0 Å². The van der Waals surface area contributed by atoms with Gasteiger partial charge in [-0.3, -0.25) is 0 Å². The van der Waals surface area contributed by atoms with Gasteiger partial charge in [-0.05, 0) is 17.7 Å². The molecule has 0 unspecified atom stereocenters. The third-order valence-electron chi connectivity index (χ3n) is 2.09. The summed E-state index contributed by atoms with van der Waals surface area (Å²) in [4.78, 5) is 10.7. The number of hydrogen-bond acceptors (Lipinski definition) is 2. The Bertz CT molecular complexity index is 432. The molecule has 0 aliphatic heterocycles. The molecular weight excluding hydrogens is 317 g/mol. The Kier molecular flexibility index (Phi) is 5.15. The molecule has 1 aromatic rings. The van der Waals surface area contributed by atoms with Crippen molar-refractivity contribution in [3.05, 3.63) is 33.8 Å². The van der Waals surface area contributed by atoms with Crippen LogP contribution in [0.3, 0.4) is 0 Å². The zero-order valence-corrected chi connectivity index (χ0v) is 10.7. The maximum atomic E-state index is 11.8. The quantitative estimate of drug-likeness (QED) is 0.841. The molecule has 0 spiro atoms. The number of carbonyl (C=O) groups is 1. The molecule has 7 heteroatoms. The van der Waals surface area contributed by atoms with Gasteiger partial charge in [-0.1, -0.05) is 22.0 Å². The van der Waals surface area contributed by atoms with E-state index in [1.54, 1.807) is 0 Å². The standard InChI is InChI=1S/C11H10BrF3O3/c12-9-5-7(10(16)17)1-2-8(9)6-18-4-3-11(13,14)15/h1-2,5H,3-4,6H2,(H,16,17). The smallest absolute Gasteiger partial charge is 0.391 e. The summed E-state index contributed by atoms with van der Waals surface area (Å²) in [7, 11) is 0. The molecule has 0 aromatic heterocycles. The Morgan fingerprint density at radius 2 is 2.06 bits per heavy atom. The van der Waals surface area contributed by atoms with E-state index < -0.39 is 25.2 Å². The van der Waals surface area contributed by atoms with Gasteiger partial charge >= 0.3 is 12.1 Å². The maximum Gasteiger partial charge on any atom is 0.391 e. The Hall–Kier alpha value is -1.08. The van der Waals surface area contributed by atoms with E-state index in [0.717, 1.165) is 0 Å². The van der Waals surface area contributed by atoms with E-state index in [0.29, 0.717) is 10.0 Å². The molecule has 1 aromatic carbocycles. The lowest BCUT2D eigenvalue weighted by Gasteiger charge is -2.09. The molecule has 0 saturated carbocycles. The lowest BCUT2D eigenvalue weighted by Crippen LogP contribution is -2.11. The predicted octanol–water partition coefficient (Wildman–Crippen LogP) is 3.62. The van der Waals surface area contributed by atoms with Crippen LogP contribution in [0.4, 0.5) is 13.2 Å². The van der Waals surface area contributed by atoms with Crippen LogP contribution in [0.25, 0.3) is 0 Å². The van der Waals surface area contributed by atoms with Crippen LogP contribution in [-0.4, -0.2) is 23.9 Å². The number of rotatable bonds is 5. The molecule has 1 N–H and O–H groups in total. The van der Waals surface area contributed by atoms with E-state index >= 15 is 0 Å². The summed E-state index contributed by atoms with van der Waals surface area (Å²) in [5.74, 6) is -1.07. The van der Waals surface area contributed by atoms with Gasteiger partial charge < -0.3 is 9.84 Å². The topological polar surface area (TPSA) is 46.5 Å². The summed E-state index contributed by atoms with van der Waals surface area (Å²) >= 11 is 3.14. The van der Waals surface area contributed by atoms with Crippen molar-refractivity contribution >= 4 is 21.9 Å². The van der Waals surface area contributed by atoms with Gasteiger partial charge in [-0.2, -0.15) is 13.2 Å². The average molecular weight is 327 g/mol. The molecule has 0 bridgehead atoms. The minimum atomic E-state index is -4.23. The van der Waals surface area contributed by atoms with E-state index in [1.165, 1.54) is 18.2 Å². The molecule has 0 aliphatic carbocycles. The highest BCUT2D eigenvalue weighted by molar-refractivity contribution is 9.10. The van der Waals surface area contributed by atoms with Crippen molar-refractivity contribution in [2.24, 2.45) is 0 Å². The summed E-state index contributed by atoms with van der Waals surface area (Å²) in [6.07, 6.45) is -5.23. The second-order valence-electron chi connectivity index (χ2n) is 3.53. The van der Waals surface area contributed by atoms with Gasteiger partial charge in [0, 0.05) is 4.47 Å². The van der Waals surface area contributed by atoms with Crippen molar-refractivity contribution in [2.45, 2.75) is 19.2 Å². The highest BCUT2D eigenvalue weighted by Crippen LogP contribution is 2.22. The first-order valence-corrected chi connectivity index (χ1v) is 5.75. The van der Waals surface area contributed by atoms with Crippen LogP contribution < -0.4 is 0 Å². The summed E-state index contributed by atoms with van der Waals surface area (Å²) in [5.41, 5.74) is 0.697. The Labute approximate surface area is 110 Å². The minimum absolute atomic E-state index is 0.00341. The first-order chi connectivity index (χ1) is 8.29. The molecule has 18 heavy (non-hydrogen) atoms. The molecule has 0 radical (unpaired) electrons. The number of carboxylic acid groups (broad SMARTS) is 1. The van der Waals surface area contributed by atoms with E-state index in [9.17, 15) is 18.0 Å². The van der Waals surface area contributed by atoms with Gasteiger partial charge in [-0.25, -0.2) is 4.79 Å². The molecule has 1 rings (SSSR count). The fraction of sp³-hybridized carbons (Fsp3) is 0.364. The first-order valence-electron chi connectivity index (χ1n) is 4.96. The number of aromatic carboxylic acids is 1. The van der Waals surface area contributed by atoms with Gasteiger partial charge in [0.1, 0.15) is 0 Å². The van der Waals surface area contributed by atoms with Crippen LogP contribution in [0, 0.1) is 0 Å². The normalized spacial score (nSPS) is 11.6. The number of ether oxygens (including phenoxy) is 1. The summed E-state index contributed by atoms with van der Waals surface area (Å²) in [6.45, 7) is -0.423. The molecule has 0 atom stereocenters. The fourth-order valence-corrected chi connectivity index (χ4v) is 1.66. The SMILES string of the molecule is O=C(O)c1ccc(COCCC(F)(F)F)c(Br)c1. The largest absolute Gasteiger partial charge is 0.478 e. The second kappa shape index (κ2) is 6.19. The molecule has 100 valence electrons. The van der Waals surface area contributed by atoms with E-state index in [-0.39, 0.29) is 12.2 Å². The van der Waals surface area contributed by atoms with Crippen molar-refractivity contribution in [1.29, 1.82) is 0 Å². The molecular formula is C11H10BrF3O3. The molecule has 0 heterocycles. The Balaban J connectivity index is 2.51. The number of carboxylic acids is 1. The van der Waals surface area contributed by atoms with Gasteiger partial charge in [0.15, 0.2) is 0 Å². The zero-order chi connectivity index (χ0) is 13.8. The highest BCUT2D eigenvalue weighted by atomic mass is 79.9. The lowest BCUT2D eigenvalue weighted by atomic mass is 10.1. The highest BCUT2D eigenvalue weighted by Gasteiger charge is 2.26. The second-order valence-corrected chi connectivity index (χ2v) is 4.38.